The lowest BCUT2D eigenvalue weighted by Crippen LogP contribution is -2.55. The van der Waals surface area contributed by atoms with Crippen molar-refractivity contribution in [3.05, 3.63) is 71.3 Å². The Hall–Kier alpha value is -2.16. The van der Waals surface area contributed by atoms with Gasteiger partial charge in [0.15, 0.2) is 5.78 Å². The van der Waals surface area contributed by atoms with E-state index in [4.69, 9.17) is 9.84 Å². The summed E-state index contributed by atoms with van der Waals surface area (Å²) in [5, 5.41) is 8.95. The molecule has 4 rings (SSSR count). The normalized spacial score (nSPS) is 21.6. The van der Waals surface area contributed by atoms with Crippen molar-refractivity contribution < 1.29 is 19.0 Å². The van der Waals surface area contributed by atoms with Gasteiger partial charge in [-0.1, -0.05) is 54.6 Å². The number of piperidine rings is 1. The topological polar surface area (TPSA) is 56.3 Å². The molecule has 2 fully saturated rings. The molecule has 7 heteroatoms. The lowest BCUT2D eigenvalue weighted by atomic mass is 9.97. The number of alkyl halides is 1. The number of Topliss-reactive ketones (excluding diaryl/α,β-unsaturated/α-hetero) is 1. The van der Waals surface area contributed by atoms with Gasteiger partial charge in [-0.2, -0.15) is 0 Å². The van der Waals surface area contributed by atoms with Gasteiger partial charge < -0.3 is 14.7 Å². The number of nitrogens with zero attached hydrogens (tertiary/aromatic N) is 3. The highest BCUT2D eigenvalue weighted by Crippen LogP contribution is 2.22. The summed E-state index contributed by atoms with van der Waals surface area (Å²) in [7, 11) is 1.75. The zero-order chi connectivity index (χ0) is 29.1. The Morgan fingerprint density at radius 2 is 1.50 bits per heavy atom. The Morgan fingerprint density at radius 1 is 0.925 bits per heavy atom. The second kappa shape index (κ2) is 15.7. The van der Waals surface area contributed by atoms with Crippen LogP contribution in [-0.4, -0.2) is 96.4 Å². The Kier molecular flexibility index (Phi) is 12.7. The molecule has 2 aliphatic heterocycles. The highest BCUT2D eigenvalue weighted by molar-refractivity contribution is 5.96. The summed E-state index contributed by atoms with van der Waals surface area (Å²) in [6.45, 7) is 14.9. The van der Waals surface area contributed by atoms with Crippen LogP contribution in [0.25, 0.3) is 0 Å². The van der Waals surface area contributed by atoms with Crippen LogP contribution in [0.5, 0.6) is 0 Å². The van der Waals surface area contributed by atoms with E-state index >= 15 is 0 Å². The molecular weight excluding hydrogens is 505 g/mol. The maximum atomic E-state index is 13.4. The van der Waals surface area contributed by atoms with Crippen molar-refractivity contribution in [1.29, 1.82) is 0 Å². The summed E-state index contributed by atoms with van der Waals surface area (Å²) < 4.78 is 18.5. The first-order valence-corrected chi connectivity index (χ1v) is 14.7. The van der Waals surface area contributed by atoms with Crippen molar-refractivity contribution in [2.75, 3.05) is 53.0 Å². The number of carbonyl (C=O) groups is 1. The summed E-state index contributed by atoms with van der Waals surface area (Å²) in [4.78, 5) is 18.8. The van der Waals surface area contributed by atoms with Crippen LogP contribution in [0.4, 0.5) is 4.39 Å². The van der Waals surface area contributed by atoms with Gasteiger partial charge in [-0.05, 0) is 70.7 Å². The van der Waals surface area contributed by atoms with E-state index in [0.717, 1.165) is 58.7 Å². The fourth-order valence-corrected chi connectivity index (χ4v) is 5.93. The zero-order valence-electron chi connectivity index (χ0n) is 25.2. The Bertz CT molecular complexity index is 992. The predicted molar refractivity (Wildman–Crippen MR) is 160 cm³/mol. The average molecular weight is 556 g/mol. The Balaban J connectivity index is 0.000000267. The van der Waals surface area contributed by atoms with Crippen molar-refractivity contribution in [2.24, 2.45) is 5.92 Å². The molecule has 0 aliphatic carbocycles. The molecule has 0 saturated carbocycles. The summed E-state index contributed by atoms with van der Waals surface area (Å²) in [6.07, 6.45) is 2.29. The number of halogens is 1. The lowest BCUT2D eigenvalue weighted by Gasteiger charge is -2.44. The summed E-state index contributed by atoms with van der Waals surface area (Å²) >= 11 is 0. The van der Waals surface area contributed by atoms with Gasteiger partial charge in [0.1, 0.15) is 12.3 Å². The molecular formula is C33H50FN3O3. The first-order chi connectivity index (χ1) is 19.1. The smallest absolute Gasteiger partial charge is 0.188 e. The van der Waals surface area contributed by atoms with Crippen LogP contribution in [-0.2, 0) is 17.8 Å². The average Bonchev–Trinajstić information content (AvgIpc) is 2.92. The Morgan fingerprint density at radius 3 is 2.02 bits per heavy atom. The van der Waals surface area contributed by atoms with E-state index < -0.39 is 12.3 Å². The number of ketones is 1. The van der Waals surface area contributed by atoms with Crippen molar-refractivity contribution in [2.45, 2.75) is 71.4 Å². The minimum atomic E-state index is -1.06. The highest BCUT2D eigenvalue weighted by atomic mass is 19.1. The lowest BCUT2D eigenvalue weighted by molar-refractivity contribution is 0.0290. The number of ether oxygens (including phenoxy) is 1. The number of rotatable bonds is 10. The third-order valence-electron chi connectivity index (χ3n) is 7.92. The summed E-state index contributed by atoms with van der Waals surface area (Å²) in [5.74, 6) is 0.451. The summed E-state index contributed by atoms with van der Waals surface area (Å²) in [5.41, 5.74) is 2.08. The minimum absolute atomic E-state index is 0.228. The zero-order valence-corrected chi connectivity index (χ0v) is 25.2. The van der Waals surface area contributed by atoms with Crippen LogP contribution >= 0.6 is 0 Å². The molecule has 40 heavy (non-hydrogen) atoms. The largest absolute Gasteiger partial charge is 0.388 e. The maximum absolute atomic E-state index is 13.4. The third-order valence-corrected chi connectivity index (χ3v) is 7.92. The van der Waals surface area contributed by atoms with Gasteiger partial charge in [-0.15, -0.1) is 0 Å². The molecule has 1 N–H and O–H groups in total. The quantitative estimate of drug-likeness (QED) is 0.414. The monoisotopic (exact) mass is 555 g/mol. The summed E-state index contributed by atoms with van der Waals surface area (Å²) in [6, 6.07) is 19.3. The number of benzene rings is 2. The number of methoxy groups -OCH3 is 1. The van der Waals surface area contributed by atoms with E-state index in [1.54, 1.807) is 21.0 Å². The highest BCUT2D eigenvalue weighted by Gasteiger charge is 2.29. The number of piperazine rings is 1. The molecule has 0 spiro atoms. The molecule has 0 amide bonds. The van der Waals surface area contributed by atoms with Crippen LogP contribution in [0.1, 0.15) is 62.0 Å². The van der Waals surface area contributed by atoms with Crippen molar-refractivity contribution in [3.63, 3.8) is 0 Å². The van der Waals surface area contributed by atoms with Crippen molar-refractivity contribution >= 4 is 5.78 Å². The first-order valence-electron chi connectivity index (χ1n) is 14.7. The molecule has 0 radical (unpaired) electrons. The van der Waals surface area contributed by atoms with Crippen LogP contribution in [0.3, 0.4) is 0 Å². The predicted octanol–water partition coefficient (Wildman–Crippen LogP) is 5.05. The van der Waals surface area contributed by atoms with Gasteiger partial charge in [-0.25, -0.2) is 4.39 Å². The fraction of sp³-hybridized carbons (Fsp3) is 0.606. The molecule has 222 valence electrons. The van der Waals surface area contributed by atoms with Crippen LogP contribution in [0.15, 0.2) is 54.6 Å². The fourth-order valence-electron chi connectivity index (χ4n) is 5.93. The number of likely N-dealkylation sites (tertiary alicyclic amines) is 1. The molecule has 2 aromatic carbocycles. The molecule has 2 atom stereocenters. The molecule has 6 nitrogen and oxygen atoms in total. The van der Waals surface area contributed by atoms with E-state index in [1.807, 2.05) is 24.3 Å². The molecule has 0 bridgehead atoms. The van der Waals surface area contributed by atoms with Gasteiger partial charge >= 0.3 is 0 Å². The van der Waals surface area contributed by atoms with Crippen LogP contribution < -0.4 is 0 Å². The van der Waals surface area contributed by atoms with Crippen molar-refractivity contribution in [3.8, 4) is 0 Å². The molecule has 0 unspecified atom stereocenters. The van der Waals surface area contributed by atoms with E-state index in [9.17, 15) is 9.18 Å². The van der Waals surface area contributed by atoms with E-state index in [0.29, 0.717) is 30.1 Å². The number of carbonyl (C=O) groups excluding carboxylic acids is 1. The van der Waals surface area contributed by atoms with Crippen molar-refractivity contribution in [1.82, 2.24) is 14.7 Å². The molecule has 2 aromatic rings. The minimum Gasteiger partial charge on any atom is -0.388 e. The van der Waals surface area contributed by atoms with Gasteiger partial charge in [0.05, 0.1) is 0 Å². The van der Waals surface area contributed by atoms with Crippen LogP contribution in [0, 0.1) is 5.92 Å². The molecule has 2 aliphatic rings. The van der Waals surface area contributed by atoms with Gasteiger partial charge in [0.2, 0.25) is 0 Å². The second-order valence-electron chi connectivity index (χ2n) is 12.2. The first kappa shape index (κ1) is 32.4. The maximum Gasteiger partial charge on any atom is 0.188 e. The Labute approximate surface area is 241 Å². The molecule has 2 saturated heterocycles. The van der Waals surface area contributed by atoms with Gasteiger partial charge in [0, 0.05) is 64.1 Å². The van der Waals surface area contributed by atoms with Gasteiger partial charge in [0.25, 0.3) is 0 Å². The number of aliphatic hydroxyl groups is 1. The van der Waals surface area contributed by atoms with Crippen LogP contribution in [0.2, 0.25) is 0 Å². The third kappa shape index (κ3) is 10.7. The second-order valence-corrected chi connectivity index (χ2v) is 12.2. The van der Waals surface area contributed by atoms with E-state index in [1.165, 1.54) is 11.1 Å². The molecule has 2 heterocycles. The number of aliphatic hydroxyl groups excluding tert-OH is 1. The van der Waals surface area contributed by atoms with E-state index in [-0.39, 0.29) is 5.78 Å². The number of hydrogen-bond donors (Lipinski definition) is 1. The SMILES string of the molecule is COCC1CCN(CC(C)(C)F)CC1.C[C@@H]1CN(Cc2ccc(C(=O)CO)cc2)C[C@H](C)N1Cc1ccccc1. The van der Waals surface area contributed by atoms with E-state index in [2.05, 4.69) is 58.9 Å². The van der Waals surface area contributed by atoms with Gasteiger partial charge in [-0.3, -0.25) is 14.6 Å². The number of hydrogen-bond acceptors (Lipinski definition) is 6. The molecule has 0 aromatic heterocycles. The standard InChI is InChI=1S/C22H28N2O2.C11H22FNO/c1-17-12-23(14-20-8-10-21(11-9-20)22(26)16-25)13-18(2)24(17)15-19-6-4-3-5-7-19;1-11(2,12)9-13-6-4-10(5-7-13)8-14-3/h3-11,17-18,25H,12-16H2,1-2H3;10H,4-9H2,1-3H3/t17-,18+;.